The summed E-state index contributed by atoms with van der Waals surface area (Å²) in [6, 6.07) is 0. The first-order chi connectivity index (χ1) is 9.58. The van der Waals surface area contributed by atoms with Crippen LogP contribution in [0.25, 0.3) is 6.20 Å². The summed E-state index contributed by atoms with van der Waals surface area (Å²) in [5, 5.41) is 0. The molecule has 0 fully saturated rings. The molecule has 20 heavy (non-hydrogen) atoms. The van der Waals surface area contributed by atoms with Crippen molar-refractivity contribution in [3.05, 3.63) is 43.8 Å². The summed E-state index contributed by atoms with van der Waals surface area (Å²) in [6.07, 6.45) is 2.03. The fraction of sp³-hybridized carbons (Fsp3) is 0.333. The van der Waals surface area contributed by atoms with Crippen molar-refractivity contribution in [3.63, 3.8) is 0 Å². The number of aldehydes is 2. The van der Waals surface area contributed by atoms with E-state index in [0.29, 0.717) is 17.1 Å². The van der Waals surface area contributed by atoms with Gasteiger partial charge in [-0.3, -0.25) is 0 Å². The first-order valence-corrected chi connectivity index (χ1v) is 5.77. The number of hydrogen-bond donors (Lipinski definition) is 0. The molecule has 8 nitrogen and oxygen atoms in total. The Balaban J connectivity index is 3.63. The van der Waals surface area contributed by atoms with Crippen LogP contribution in [0.4, 0.5) is 0 Å². The Kier molecular flexibility index (Phi) is 5.37. The van der Waals surface area contributed by atoms with Gasteiger partial charge in [0.05, 0.1) is 6.20 Å². The first kappa shape index (κ1) is 15.3. The second kappa shape index (κ2) is 7.01. The maximum atomic E-state index is 12.0. The molecule has 0 aliphatic rings. The lowest BCUT2D eigenvalue weighted by molar-refractivity contribution is -0.108. The van der Waals surface area contributed by atoms with Gasteiger partial charge < -0.3 is 9.59 Å². The maximum Gasteiger partial charge on any atom is 0.341 e. The van der Waals surface area contributed by atoms with E-state index in [-0.39, 0.29) is 25.9 Å². The molecule has 1 aromatic heterocycles. The highest BCUT2D eigenvalue weighted by Gasteiger charge is 2.13. The van der Waals surface area contributed by atoms with E-state index in [4.69, 9.17) is 0 Å². The molecule has 0 amide bonds. The van der Waals surface area contributed by atoms with E-state index >= 15 is 0 Å². The summed E-state index contributed by atoms with van der Waals surface area (Å²) in [5.74, 6) is 0. The third-order valence-electron chi connectivity index (χ3n) is 2.50. The third kappa shape index (κ3) is 2.99. The molecule has 0 spiro atoms. The Morgan fingerprint density at radius 2 is 1.35 bits per heavy atom. The molecule has 0 saturated carbocycles. The van der Waals surface area contributed by atoms with Gasteiger partial charge in [0.2, 0.25) is 0 Å². The highest BCUT2D eigenvalue weighted by atomic mass is 16.2. The van der Waals surface area contributed by atoms with Gasteiger partial charge in [-0.2, -0.15) is 0 Å². The van der Waals surface area contributed by atoms with Crippen LogP contribution in [0, 0.1) is 0 Å². The summed E-state index contributed by atoms with van der Waals surface area (Å²) < 4.78 is 2.17. The highest BCUT2D eigenvalue weighted by molar-refractivity contribution is 5.49. The predicted molar refractivity (Wildman–Crippen MR) is 70.5 cm³/mol. The van der Waals surface area contributed by atoms with Crippen LogP contribution < -0.4 is 17.1 Å². The minimum atomic E-state index is -0.875. The Labute approximate surface area is 112 Å². The molecule has 0 unspecified atom stereocenters. The summed E-state index contributed by atoms with van der Waals surface area (Å²) in [7, 11) is 0. The molecule has 0 radical (unpaired) electrons. The monoisotopic (exact) mass is 279 g/mol. The first-order valence-electron chi connectivity index (χ1n) is 5.77. The molecule has 0 saturated heterocycles. The average molecular weight is 279 g/mol. The molecular weight excluding hydrogens is 266 g/mol. The minimum Gasteiger partial charge on any atom is -0.303 e. The van der Waals surface area contributed by atoms with E-state index in [0.717, 1.165) is 15.3 Å². The molecular formula is C12H13N3O5. The summed E-state index contributed by atoms with van der Waals surface area (Å²) in [5.41, 5.74) is -0.327. The zero-order valence-electron chi connectivity index (χ0n) is 10.7. The number of carbonyl (C=O) groups is 2. The Hall–Kier alpha value is -2.73. The van der Waals surface area contributed by atoms with Gasteiger partial charge in [-0.1, -0.05) is 6.58 Å². The molecule has 1 heterocycles. The van der Waals surface area contributed by atoms with Gasteiger partial charge in [0, 0.05) is 25.9 Å². The lowest BCUT2D eigenvalue weighted by Crippen LogP contribution is -2.53. The molecule has 1 rings (SSSR count). The molecule has 8 heteroatoms. The number of nitrogens with zero attached hydrogens (tertiary/aromatic N) is 3. The van der Waals surface area contributed by atoms with Crippen molar-refractivity contribution >= 4 is 18.8 Å². The number of aromatic nitrogens is 3. The summed E-state index contributed by atoms with van der Waals surface area (Å²) in [6.45, 7) is 2.97. The van der Waals surface area contributed by atoms with Gasteiger partial charge in [0.1, 0.15) is 12.6 Å². The summed E-state index contributed by atoms with van der Waals surface area (Å²) in [4.78, 5) is 56.7. The van der Waals surface area contributed by atoms with Crippen LogP contribution >= 0.6 is 0 Å². The fourth-order valence-corrected chi connectivity index (χ4v) is 1.60. The Morgan fingerprint density at radius 3 is 1.70 bits per heavy atom. The smallest absolute Gasteiger partial charge is 0.303 e. The lowest BCUT2D eigenvalue weighted by Gasteiger charge is -2.09. The second-order valence-corrected chi connectivity index (χ2v) is 3.76. The molecule has 106 valence electrons. The molecule has 0 aliphatic carbocycles. The Bertz CT molecular complexity index is 681. The topological polar surface area (TPSA) is 100 Å². The lowest BCUT2D eigenvalue weighted by atomic mass is 10.4. The SMILES string of the molecule is C=C=Cn1c(=O)n(CCC=O)c(=O)n(CCC=O)c1=O. The van der Waals surface area contributed by atoms with E-state index in [9.17, 15) is 24.0 Å². The average Bonchev–Trinajstić information content (AvgIpc) is 2.43. The molecule has 1 aromatic rings. The van der Waals surface area contributed by atoms with Crippen molar-refractivity contribution in [2.75, 3.05) is 0 Å². The molecule has 0 atom stereocenters. The van der Waals surface area contributed by atoms with Crippen LogP contribution in [0.3, 0.4) is 0 Å². The standard InChI is InChI=1S/C12H13N3O5/c1-2-5-13-10(18)14(6-3-8-16)12(20)15(11(13)19)7-4-9-17/h5,8-9H,1,3-4,6-7H2. The molecule has 0 aromatic carbocycles. The van der Waals surface area contributed by atoms with Gasteiger partial charge in [-0.15, -0.1) is 5.73 Å². The van der Waals surface area contributed by atoms with Crippen molar-refractivity contribution < 1.29 is 9.59 Å². The van der Waals surface area contributed by atoms with Crippen molar-refractivity contribution in [1.29, 1.82) is 0 Å². The maximum absolute atomic E-state index is 12.0. The number of rotatable bonds is 7. The molecule has 0 N–H and O–H groups in total. The van der Waals surface area contributed by atoms with Crippen molar-refractivity contribution in [2.45, 2.75) is 25.9 Å². The number of carbonyl (C=O) groups excluding carboxylic acids is 2. The van der Waals surface area contributed by atoms with Crippen molar-refractivity contribution in [2.24, 2.45) is 0 Å². The van der Waals surface area contributed by atoms with Crippen LogP contribution in [0.15, 0.2) is 26.7 Å². The number of hydrogen-bond acceptors (Lipinski definition) is 5. The summed E-state index contributed by atoms with van der Waals surface area (Å²) >= 11 is 0. The van der Waals surface area contributed by atoms with Crippen LogP contribution in [0.5, 0.6) is 0 Å². The highest BCUT2D eigenvalue weighted by Crippen LogP contribution is 1.82. The predicted octanol–water partition coefficient (Wildman–Crippen LogP) is -1.39. The van der Waals surface area contributed by atoms with Gasteiger partial charge in [-0.25, -0.2) is 28.1 Å². The Morgan fingerprint density at radius 1 is 0.900 bits per heavy atom. The fourth-order valence-electron chi connectivity index (χ4n) is 1.60. The van der Waals surface area contributed by atoms with Gasteiger partial charge in [0.25, 0.3) is 0 Å². The van der Waals surface area contributed by atoms with E-state index in [1.54, 1.807) is 0 Å². The second-order valence-electron chi connectivity index (χ2n) is 3.76. The molecule has 0 bridgehead atoms. The van der Waals surface area contributed by atoms with Crippen LogP contribution in [-0.4, -0.2) is 26.3 Å². The van der Waals surface area contributed by atoms with Gasteiger partial charge in [0.15, 0.2) is 0 Å². The normalized spacial score (nSPS) is 9.80. The minimum absolute atomic E-state index is 0.0428. The zero-order valence-corrected chi connectivity index (χ0v) is 10.7. The van der Waals surface area contributed by atoms with Gasteiger partial charge >= 0.3 is 17.1 Å². The largest absolute Gasteiger partial charge is 0.341 e. The van der Waals surface area contributed by atoms with Crippen LogP contribution in [0.1, 0.15) is 12.8 Å². The van der Waals surface area contributed by atoms with Crippen molar-refractivity contribution in [3.8, 4) is 0 Å². The quantitative estimate of drug-likeness (QED) is 0.451. The van der Waals surface area contributed by atoms with Crippen LogP contribution in [-0.2, 0) is 22.7 Å². The van der Waals surface area contributed by atoms with Crippen molar-refractivity contribution in [1.82, 2.24) is 13.7 Å². The molecule has 0 aliphatic heterocycles. The third-order valence-corrected chi connectivity index (χ3v) is 2.50. The zero-order chi connectivity index (χ0) is 15.1. The van der Waals surface area contributed by atoms with E-state index < -0.39 is 17.1 Å². The van der Waals surface area contributed by atoms with E-state index in [1.165, 1.54) is 0 Å². The van der Waals surface area contributed by atoms with E-state index in [1.807, 2.05) is 0 Å². The van der Waals surface area contributed by atoms with Gasteiger partial charge in [-0.05, 0) is 0 Å². The van der Waals surface area contributed by atoms with E-state index in [2.05, 4.69) is 12.3 Å². The van der Waals surface area contributed by atoms with Crippen LogP contribution in [0.2, 0.25) is 0 Å².